The second-order valence-corrected chi connectivity index (χ2v) is 4.11. The second kappa shape index (κ2) is 3.86. The highest BCUT2D eigenvalue weighted by Gasteiger charge is 2.16. The lowest BCUT2D eigenvalue weighted by Gasteiger charge is -2.08. The average Bonchev–Trinajstić information content (AvgIpc) is 2.32. The Morgan fingerprint density at radius 1 is 1.57 bits per heavy atom. The van der Waals surface area contributed by atoms with Crippen molar-refractivity contribution in [1.29, 1.82) is 0 Å². The number of hydrogen-bond acceptors (Lipinski definition) is 1. The van der Waals surface area contributed by atoms with Crippen LogP contribution < -0.4 is 0 Å². The molecule has 3 nitrogen and oxygen atoms in total. The predicted molar refractivity (Wildman–Crippen MR) is 55.7 cm³/mol. The summed E-state index contributed by atoms with van der Waals surface area (Å²) in [7, 11) is 1.92. The standard InChI is InChI=1S/C11H17NO2/c1-7(2)5-10-9(11(13)14)6-8(3)12(10)4/h6-7H,5H2,1-4H3,(H,13,14). The van der Waals surface area contributed by atoms with Gasteiger partial charge in [0.2, 0.25) is 0 Å². The summed E-state index contributed by atoms with van der Waals surface area (Å²) < 4.78 is 1.96. The molecule has 1 rings (SSSR count). The van der Waals surface area contributed by atoms with Crippen LogP contribution in [0.3, 0.4) is 0 Å². The van der Waals surface area contributed by atoms with Crippen LogP contribution in [0.25, 0.3) is 0 Å². The van der Waals surface area contributed by atoms with Crippen LogP contribution >= 0.6 is 0 Å². The zero-order valence-electron chi connectivity index (χ0n) is 9.16. The van der Waals surface area contributed by atoms with Crippen molar-refractivity contribution in [2.24, 2.45) is 13.0 Å². The number of carboxylic acid groups (broad SMARTS) is 1. The SMILES string of the molecule is Cc1cc(C(=O)O)c(CC(C)C)n1C. The number of aromatic nitrogens is 1. The number of nitrogens with zero attached hydrogens (tertiary/aromatic N) is 1. The minimum atomic E-state index is -0.829. The van der Waals surface area contributed by atoms with Gasteiger partial charge >= 0.3 is 5.97 Å². The zero-order chi connectivity index (χ0) is 10.9. The van der Waals surface area contributed by atoms with Gasteiger partial charge in [0.15, 0.2) is 0 Å². The van der Waals surface area contributed by atoms with Crippen LogP contribution in [0.2, 0.25) is 0 Å². The van der Waals surface area contributed by atoms with Crippen molar-refractivity contribution in [3.8, 4) is 0 Å². The molecule has 0 spiro atoms. The number of carbonyl (C=O) groups is 1. The summed E-state index contributed by atoms with van der Waals surface area (Å²) in [5, 5.41) is 9.00. The van der Waals surface area contributed by atoms with Gasteiger partial charge in [0.05, 0.1) is 5.56 Å². The van der Waals surface area contributed by atoms with Crippen molar-refractivity contribution in [2.45, 2.75) is 27.2 Å². The summed E-state index contributed by atoms with van der Waals surface area (Å²) in [4.78, 5) is 11.0. The first kappa shape index (κ1) is 10.8. The average molecular weight is 195 g/mol. The fourth-order valence-electron chi connectivity index (χ4n) is 1.60. The molecule has 1 aromatic rings. The highest BCUT2D eigenvalue weighted by molar-refractivity contribution is 5.89. The summed E-state index contributed by atoms with van der Waals surface area (Å²) in [6, 6.07) is 1.74. The molecule has 0 aliphatic rings. The zero-order valence-corrected chi connectivity index (χ0v) is 9.16. The molecule has 0 unspecified atom stereocenters. The lowest BCUT2D eigenvalue weighted by Crippen LogP contribution is -2.07. The van der Waals surface area contributed by atoms with E-state index in [1.54, 1.807) is 6.07 Å². The molecule has 14 heavy (non-hydrogen) atoms. The number of rotatable bonds is 3. The normalized spacial score (nSPS) is 10.9. The first-order valence-corrected chi connectivity index (χ1v) is 4.82. The summed E-state index contributed by atoms with van der Waals surface area (Å²) in [6.45, 7) is 6.11. The van der Waals surface area contributed by atoms with Crippen LogP contribution in [-0.4, -0.2) is 15.6 Å². The van der Waals surface area contributed by atoms with E-state index in [0.717, 1.165) is 17.8 Å². The van der Waals surface area contributed by atoms with Crippen molar-refractivity contribution in [3.05, 3.63) is 23.0 Å². The van der Waals surface area contributed by atoms with Crippen LogP contribution in [0, 0.1) is 12.8 Å². The molecule has 3 heteroatoms. The Hall–Kier alpha value is -1.25. The third-order valence-electron chi connectivity index (χ3n) is 2.43. The van der Waals surface area contributed by atoms with E-state index in [1.807, 2.05) is 18.5 Å². The highest BCUT2D eigenvalue weighted by Crippen LogP contribution is 2.18. The molecule has 0 bridgehead atoms. The molecule has 0 aliphatic carbocycles. The third-order valence-corrected chi connectivity index (χ3v) is 2.43. The first-order chi connectivity index (χ1) is 6.43. The topological polar surface area (TPSA) is 42.2 Å². The van der Waals surface area contributed by atoms with E-state index in [2.05, 4.69) is 13.8 Å². The molecule has 0 fully saturated rings. The summed E-state index contributed by atoms with van der Waals surface area (Å²) in [5.41, 5.74) is 2.36. The van der Waals surface area contributed by atoms with E-state index in [-0.39, 0.29) is 0 Å². The fourth-order valence-corrected chi connectivity index (χ4v) is 1.60. The van der Waals surface area contributed by atoms with Gasteiger partial charge in [-0.1, -0.05) is 13.8 Å². The fraction of sp³-hybridized carbons (Fsp3) is 0.545. The molecular weight excluding hydrogens is 178 g/mol. The van der Waals surface area contributed by atoms with E-state index >= 15 is 0 Å². The van der Waals surface area contributed by atoms with Crippen LogP contribution in [0.5, 0.6) is 0 Å². The minimum absolute atomic E-state index is 0.443. The number of carboxylic acids is 1. The van der Waals surface area contributed by atoms with Crippen molar-refractivity contribution in [3.63, 3.8) is 0 Å². The maximum Gasteiger partial charge on any atom is 0.337 e. The molecule has 0 aliphatic heterocycles. The number of aromatic carboxylic acids is 1. The van der Waals surface area contributed by atoms with Gasteiger partial charge in [-0.2, -0.15) is 0 Å². The van der Waals surface area contributed by atoms with Gasteiger partial charge in [0.1, 0.15) is 0 Å². The van der Waals surface area contributed by atoms with Crippen LogP contribution in [0.4, 0.5) is 0 Å². The Kier molecular flexibility index (Phi) is 2.99. The van der Waals surface area contributed by atoms with Crippen LogP contribution in [-0.2, 0) is 13.5 Å². The van der Waals surface area contributed by atoms with Gasteiger partial charge in [0.25, 0.3) is 0 Å². The van der Waals surface area contributed by atoms with Crippen molar-refractivity contribution in [1.82, 2.24) is 4.57 Å². The molecule has 1 aromatic heterocycles. The summed E-state index contributed by atoms with van der Waals surface area (Å²) in [6.07, 6.45) is 0.811. The first-order valence-electron chi connectivity index (χ1n) is 4.82. The maximum absolute atomic E-state index is 11.0. The number of hydrogen-bond donors (Lipinski definition) is 1. The molecule has 78 valence electrons. The lowest BCUT2D eigenvalue weighted by molar-refractivity contribution is 0.0695. The van der Waals surface area contributed by atoms with E-state index in [4.69, 9.17) is 5.11 Å². The molecule has 0 aromatic carbocycles. The Bertz CT molecular complexity index is 350. The summed E-state index contributed by atoms with van der Waals surface area (Å²) >= 11 is 0. The predicted octanol–water partition coefficient (Wildman–Crippen LogP) is 2.23. The molecule has 0 saturated heterocycles. The Morgan fingerprint density at radius 3 is 2.57 bits per heavy atom. The van der Waals surface area contributed by atoms with Crippen LogP contribution in [0.15, 0.2) is 6.07 Å². The van der Waals surface area contributed by atoms with E-state index in [0.29, 0.717) is 11.5 Å². The van der Waals surface area contributed by atoms with Gasteiger partial charge < -0.3 is 9.67 Å². The molecule has 1 heterocycles. The largest absolute Gasteiger partial charge is 0.478 e. The van der Waals surface area contributed by atoms with Gasteiger partial charge in [0, 0.05) is 18.4 Å². The van der Waals surface area contributed by atoms with E-state index in [1.165, 1.54) is 0 Å². The number of aryl methyl sites for hydroxylation is 1. The van der Waals surface area contributed by atoms with Gasteiger partial charge in [-0.05, 0) is 25.3 Å². The van der Waals surface area contributed by atoms with Crippen molar-refractivity contribution < 1.29 is 9.90 Å². The van der Waals surface area contributed by atoms with Gasteiger partial charge in [-0.3, -0.25) is 0 Å². The second-order valence-electron chi connectivity index (χ2n) is 4.11. The lowest BCUT2D eigenvalue weighted by atomic mass is 10.1. The molecular formula is C11H17NO2. The minimum Gasteiger partial charge on any atom is -0.478 e. The maximum atomic E-state index is 11.0. The highest BCUT2D eigenvalue weighted by atomic mass is 16.4. The van der Waals surface area contributed by atoms with Crippen molar-refractivity contribution >= 4 is 5.97 Å². The van der Waals surface area contributed by atoms with Gasteiger partial charge in [-0.25, -0.2) is 4.79 Å². The Balaban J connectivity index is 3.16. The quantitative estimate of drug-likeness (QED) is 0.803. The molecule has 0 radical (unpaired) electrons. The van der Waals surface area contributed by atoms with E-state index in [9.17, 15) is 4.79 Å². The smallest absolute Gasteiger partial charge is 0.337 e. The van der Waals surface area contributed by atoms with Gasteiger partial charge in [-0.15, -0.1) is 0 Å². The molecule has 0 amide bonds. The van der Waals surface area contributed by atoms with E-state index < -0.39 is 5.97 Å². The van der Waals surface area contributed by atoms with Crippen molar-refractivity contribution in [2.75, 3.05) is 0 Å². The third kappa shape index (κ3) is 1.97. The molecule has 1 N–H and O–H groups in total. The summed E-state index contributed by atoms with van der Waals surface area (Å²) in [5.74, 6) is -0.356. The Labute approximate surface area is 84.4 Å². The van der Waals surface area contributed by atoms with Crippen LogP contribution in [0.1, 0.15) is 35.6 Å². The Morgan fingerprint density at radius 2 is 2.14 bits per heavy atom. The molecule has 0 saturated carbocycles. The molecule has 0 atom stereocenters. The monoisotopic (exact) mass is 195 g/mol.